The number of nitrogens with zero attached hydrogens (tertiary/aromatic N) is 4. The zero-order chi connectivity index (χ0) is 28.5. The zero-order valence-electron chi connectivity index (χ0n) is 21.0. The predicted molar refractivity (Wildman–Crippen MR) is 163 cm³/mol. The molecule has 0 aliphatic heterocycles. The van der Waals surface area contributed by atoms with Crippen LogP contribution in [-0.4, -0.2) is 20.8 Å². The lowest BCUT2D eigenvalue weighted by Gasteiger charge is -2.10. The Balaban J connectivity index is 1.46. The number of nitro benzene ring substituents is 1. The first kappa shape index (κ1) is 26.6. The maximum absolute atomic E-state index is 13.6. The third-order valence-electron chi connectivity index (χ3n) is 6.28. The summed E-state index contributed by atoms with van der Waals surface area (Å²) in [6.45, 7) is 0.225. The Kier molecular flexibility index (Phi) is 7.21. The van der Waals surface area contributed by atoms with Crippen molar-refractivity contribution in [2.75, 3.05) is 0 Å². The van der Waals surface area contributed by atoms with E-state index >= 15 is 0 Å². The number of hydrogen-bond donors (Lipinski definition) is 0. The van der Waals surface area contributed by atoms with Crippen molar-refractivity contribution >= 4 is 65.6 Å². The molecule has 2 heterocycles. The minimum Gasteiger partial charge on any atom is -0.488 e. The molecular formula is C30H18Br2N4O5. The van der Waals surface area contributed by atoms with Crippen LogP contribution < -0.4 is 10.3 Å². The van der Waals surface area contributed by atoms with Gasteiger partial charge in [0.25, 0.3) is 11.2 Å². The molecule has 0 aliphatic carbocycles. The number of halogens is 2. The molecule has 202 valence electrons. The van der Waals surface area contributed by atoms with Crippen LogP contribution in [-0.2, 0) is 6.61 Å². The van der Waals surface area contributed by atoms with Crippen LogP contribution >= 0.6 is 31.9 Å². The highest BCUT2D eigenvalue weighted by atomic mass is 79.9. The third kappa shape index (κ3) is 5.54. The van der Waals surface area contributed by atoms with Crippen molar-refractivity contribution < 1.29 is 14.1 Å². The topological polar surface area (TPSA) is 113 Å². The van der Waals surface area contributed by atoms with Crippen molar-refractivity contribution in [3.63, 3.8) is 0 Å². The number of fused-ring (bicyclic) bond motifs is 2. The van der Waals surface area contributed by atoms with Crippen LogP contribution in [0.25, 0.3) is 33.5 Å². The van der Waals surface area contributed by atoms with E-state index in [9.17, 15) is 14.9 Å². The van der Waals surface area contributed by atoms with Crippen molar-refractivity contribution in [1.29, 1.82) is 0 Å². The van der Waals surface area contributed by atoms with Crippen LogP contribution in [0.4, 0.5) is 5.69 Å². The number of rotatable bonds is 7. The summed E-state index contributed by atoms with van der Waals surface area (Å²) in [5.41, 5.74) is 1.75. The lowest BCUT2D eigenvalue weighted by Crippen LogP contribution is -2.20. The molecule has 0 aliphatic rings. The largest absolute Gasteiger partial charge is 0.488 e. The normalized spacial score (nSPS) is 11.5. The summed E-state index contributed by atoms with van der Waals surface area (Å²) < 4.78 is 15.0. The van der Waals surface area contributed by atoms with E-state index in [1.54, 1.807) is 30.3 Å². The summed E-state index contributed by atoms with van der Waals surface area (Å²) in [6, 6.07) is 26.1. The molecule has 2 aromatic heterocycles. The number of benzene rings is 4. The van der Waals surface area contributed by atoms with Gasteiger partial charge in [-0.2, -0.15) is 9.78 Å². The van der Waals surface area contributed by atoms with Crippen molar-refractivity contribution in [1.82, 2.24) is 9.66 Å². The molecule has 6 aromatic rings. The minimum atomic E-state index is -0.502. The van der Waals surface area contributed by atoms with Crippen LogP contribution in [0.1, 0.15) is 11.1 Å². The molecule has 4 aromatic carbocycles. The zero-order valence-corrected chi connectivity index (χ0v) is 24.2. The molecule has 0 unspecified atom stereocenters. The number of ether oxygens (including phenoxy) is 1. The molecule has 0 bridgehead atoms. The summed E-state index contributed by atoms with van der Waals surface area (Å²) in [5.74, 6) is 0.878. The van der Waals surface area contributed by atoms with Crippen LogP contribution in [0.2, 0.25) is 0 Å². The van der Waals surface area contributed by atoms with E-state index in [0.717, 1.165) is 24.6 Å². The maximum Gasteiger partial charge on any atom is 0.282 e. The average molecular weight is 674 g/mol. The Morgan fingerprint density at radius 1 is 0.976 bits per heavy atom. The molecule has 11 heteroatoms. The van der Waals surface area contributed by atoms with E-state index in [2.05, 4.69) is 41.9 Å². The van der Waals surface area contributed by atoms with Crippen molar-refractivity contribution in [2.24, 2.45) is 5.10 Å². The van der Waals surface area contributed by atoms with Crippen LogP contribution in [0.15, 0.2) is 114 Å². The van der Waals surface area contributed by atoms with Crippen LogP contribution in [0, 0.1) is 10.1 Å². The second-order valence-electron chi connectivity index (χ2n) is 9.00. The number of non-ortho nitro benzene ring substituents is 1. The fourth-order valence-corrected chi connectivity index (χ4v) is 4.90. The standard InChI is InChI=1S/C30H18Br2N4O5/c31-21-7-5-18(6-8-21)17-40-26-12-10-23(36(38)39)14-20(26)16-33-35-29(34-25-4-2-1-3-24(25)30(35)37)28-15-19-13-22(32)9-11-27(19)41-28/h1-16H,17H2. The predicted octanol–water partition coefficient (Wildman–Crippen LogP) is 7.70. The first-order chi connectivity index (χ1) is 19.9. The third-order valence-corrected chi connectivity index (χ3v) is 7.30. The Hall–Kier alpha value is -4.61. The van der Waals surface area contributed by atoms with E-state index in [1.165, 1.54) is 24.4 Å². The van der Waals surface area contributed by atoms with Gasteiger partial charge < -0.3 is 9.15 Å². The van der Waals surface area contributed by atoms with Crippen LogP contribution in [0.3, 0.4) is 0 Å². The molecule has 6 rings (SSSR count). The second-order valence-corrected chi connectivity index (χ2v) is 10.8. The monoisotopic (exact) mass is 672 g/mol. The van der Waals surface area contributed by atoms with Gasteiger partial charge in [0, 0.05) is 32.0 Å². The molecular weight excluding hydrogens is 656 g/mol. The van der Waals surface area contributed by atoms with Crippen LogP contribution in [0.5, 0.6) is 5.75 Å². The Bertz CT molecular complexity index is 2030. The smallest absolute Gasteiger partial charge is 0.282 e. The highest BCUT2D eigenvalue weighted by Crippen LogP contribution is 2.30. The molecule has 0 radical (unpaired) electrons. The van der Waals surface area contributed by atoms with E-state index in [4.69, 9.17) is 9.15 Å². The summed E-state index contributed by atoms with van der Waals surface area (Å²) in [6.07, 6.45) is 1.35. The van der Waals surface area contributed by atoms with Crippen molar-refractivity contribution in [3.8, 4) is 17.3 Å². The van der Waals surface area contributed by atoms with Gasteiger partial charge in [-0.1, -0.05) is 56.1 Å². The second kappa shape index (κ2) is 11.1. The molecule has 0 N–H and O–H groups in total. The van der Waals surface area contributed by atoms with E-state index in [0.29, 0.717) is 33.6 Å². The average Bonchev–Trinajstić information content (AvgIpc) is 3.39. The highest BCUT2D eigenvalue weighted by molar-refractivity contribution is 9.10. The highest BCUT2D eigenvalue weighted by Gasteiger charge is 2.17. The first-order valence-corrected chi connectivity index (χ1v) is 13.9. The van der Waals surface area contributed by atoms with E-state index < -0.39 is 10.5 Å². The molecule has 0 saturated heterocycles. The van der Waals surface area contributed by atoms with Gasteiger partial charge in [0.2, 0.25) is 5.82 Å². The molecule has 0 saturated carbocycles. The number of hydrogen-bond acceptors (Lipinski definition) is 7. The van der Waals surface area contributed by atoms with E-state index in [-0.39, 0.29) is 18.1 Å². The fraction of sp³-hybridized carbons (Fsp3) is 0.0333. The summed E-state index contributed by atoms with van der Waals surface area (Å²) in [4.78, 5) is 29.3. The Labute approximate surface area is 249 Å². The molecule has 0 spiro atoms. The lowest BCUT2D eigenvalue weighted by molar-refractivity contribution is -0.384. The Morgan fingerprint density at radius 3 is 2.56 bits per heavy atom. The number of para-hydroxylation sites is 1. The molecule has 41 heavy (non-hydrogen) atoms. The number of aromatic nitrogens is 2. The molecule has 0 amide bonds. The minimum absolute atomic E-state index is 0.144. The van der Waals surface area contributed by atoms with Gasteiger partial charge in [0.05, 0.1) is 22.0 Å². The SMILES string of the molecule is O=c1c2ccccc2nc(-c2cc3cc(Br)ccc3o2)n1N=Cc1cc([N+](=O)[O-])ccc1OCc1ccc(Br)cc1. The summed E-state index contributed by atoms with van der Waals surface area (Å²) >= 11 is 6.87. The number of nitro groups is 1. The number of furan rings is 1. The van der Waals surface area contributed by atoms with Crippen molar-refractivity contribution in [3.05, 3.63) is 132 Å². The van der Waals surface area contributed by atoms with Gasteiger partial charge in [0.15, 0.2) is 5.76 Å². The van der Waals surface area contributed by atoms with E-state index in [1.807, 2.05) is 42.5 Å². The Morgan fingerprint density at radius 2 is 1.76 bits per heavy atom. The summed E-state index contributed by atoms with van der Waals surface area (Å²) in [7, 11) is 0. The van der Waals surface area contributed by atoms with Gasteiger partial charge in [-0.05, 0) is 60.2 Å². The fourth-order valence-electron chi connectivity index (χ4n) is 4.26. The quantitative estimate of drug-likeness (QED) is 0.0975. The van der Waals surface area contributed by atoms with Gasteiger partial charge in [-0.25, -0.2) is 4.98 Å². The van der Waals surface area contributed by atoms with Crippen molar-refractivity contribution in [2.45, 2.75) is 6.61 Å². The lowest BCUT2D eigenvalue weighted by atomic mass is 10.2. The van der Waals surface area contributed by atoms with Gasteiger partial charge >= 0.3 is 0 Å². The van der Waals surface area contributed by atoms with Gasteiger partial charge in [0.1, 0.15) is 17.9 Å². The molecule has 0 fully saturated rings. The maximum atomic E-state index is 13.6. The van der Waals surface area contributed by atoms with Gasteiger partial charge in [-0.3, -0.25) is 14.9 Å². The summed E-state index contributed by atoms with van der Waals surface area (Å²) in [5, 5.41) is 17.2. The molecule has 9 nitrogen and oxygen atoms in total. The first-order valence-electron chi connectivity index (χ1n) is 12.3. The molecule has 0 atom stereocenters. The van der Waals surface area contributed by atoms with Gasteiger partial charge in [-0.15, -0.1) is 0 Å².